The molecule has 4 aromatic heterocycles. The fraction of sp³-hybridized carbons (Fsp3) is 0.567. The van der Waals surface area contributed by atoms with Gasteiger partial charge in [0.2, 0.25) is 0 Å². The fourth-order valence-electron chi connectivity index (χ4n) is 4.77. The summed E-state index contributed by atoms with van der Waals surface area (Å²) in [5, 5.41) is 1.36. The third kappa shape index (κ3) is 8.56. The molecule has 0 saturated carbocycles. The summed E-state index contributed by atoms with van der Waals surface area (Å²) in [7, 11) is 0. The van der Waals surface area contributed by atoms with E-state index >= 15 is 0 Å². The molecule has 0 radical (unpaired) electrons. The minimum absolute atomic E-state index is 0.473. The van der Waals surface area contributed by atoms with Crippen molar-refractivity contribution >= 4 is 61.9 Å². The molecule has 0 aromatic carbocycles. The van der Waals surface area contributed by atoms with E-state index in [4.69, 9.17) is 4.98 Å². The predicted octanol–water partition coefficient (Wildman–Crippen LogP) is 10.2. The van der Waals surface area contributed by atoms with Crippen molar-refractivity contribution in [2.75, 3.05) is 0 Å². The van der Waals surface area contributed by atoms with Crippen LogP contribution in [-0.4, -0.2) is 34.0 Å². The quantitative estimate of drug-likeness (QED) is 0.0782. The van der Waals surface area contributed by atoms with Crippen LogP contribution in [0.1, 0.15) is 108 Å². The summed E-state index contributed by atoms with van der Waals surface area (Å²) in [5.41, 5.74) is 1.30. The number of hydrogen-bond acceptors (Lipinski definition) is 3. The molecule has 0 saturated heterocycles. The van der Waals surface area contributed by atoms with Gasteiger partial charge in [0.05, 0.1) is 0 Å². The Morgan fingerprint density at radius 1 is 0.629 bits per heavy atom. The van der Waals surface area contributed by atoms with Gasteiger partial charge in [0, 0.05) is 0 Å². The molecule has 0 spiro atoms. The van der Waals surface area contributed by atoms with Gasteiger partial charge in [0.25, 0.3) is 0 Å². The molecule has 0 N–H and O–H groups in total. The van der Waals surface area contributed by atoms with E-state index < -0.39 is 0 Å². The zero-order valence-electron chi connectivity index (χ0n) is 21.4. The standard InChI is InChI=1S/C30H41NS2Se2/c1-2-3-4-5-6-7-8-9-10-11-12-13-14-15-16-21-26-31-27-28(24-19-17-22-34-24)33-29(30(27)32-26)25-20-18-23-35-25/h17-20,22-23H,2-16,21H2,1H3. The monoisotopic (exact) mass is 639 g/mol. The average Bonchev–Trinajstić information content (AvgIpc) is 3.66. The maximum absolute atomic E-state index is 5.18. The molecular weight excluding hydrogens is 596 g/mol. The van der Waals surface area contributed by atoms with Crippen molar-refractivity contribution in [3.05, 3.63) is 39.2 Å². The van der Waals surface area contributed by atoms with Crippen LogP contribution in [0.2, 0.25) is 0 Å². The molecule has 0 fully saturated rings. The third-order valence-corrected chi connectivity index (χ3v) is 13.6. The van der Waals surface area contributed by atoms with Crippen LogP contribution in [0.25, 0.3) is 28.8 Å². The number of hydrogen-bond donors (Lipinski definition) is 0. The van der Waals surface area contributed by atoms with Gasteiger partial charge in [-0.25, -0.2) is 0 Å². The first-order valence-corrected chi connectivity index (χ1v) is 19.2. The van der Waals surface area contributed by atoms with Gasteiger partial charge >= 0.3 is 170 Å². The van der Waals surface area contributed by atoms with Gasteiger partial charge in [-0.05, 0) is 0 Å². The summed E-state index contributed by atoms with van der Waals surface area (Å²) in [6.45, 7) is 2.30. The minimum atomic E-state index is 0.473. The Morgan fingerprint density at radius 2 is 1.14 bits per heavy atom. The molecule has 0 aliphatic heterocycles. The van der Waals surface area contributed by atoms with Crippen molar-refractivity contribution in [1.82, 2.24) is 4.98 Å². The van der Waals surface area contributed by atoms with Gasteiger partial charge in [-0.3, -0.25) is 0 Å². The first kappa shape index (κ1) is 27.6. The van der Waals surface area contributed by atoms with Crippen LogP contribution in [0, 0.1) is 0 Å². The first-order valence-electron chi connectivity index (χ1n) is 13.9. The average molecular weight is 638 g/mol. The van der Waals surface area contributed by atoms with Crippen LogP contribution in [0.5, 0.6) is 0 Å². The van der Waals surface area contributed by atoms with E-state index in [1.165, 1.54) is 126 Å². The van der Waals surface area contributed by atoms with Crippen molar-refractivity contribution in [3.8, 4) is 18.6 Å². The number of fused-ring (bicyclic) bond motifs is 1. The summed E-state index contributed by atoms with van der Waals surface area (Å²) in [6.07, 6.45) is 22.5. The van der Waals surface area contributed by atoms with Gasteiger partial charge in [0.1, 0.15) is 0 Å². The molecule has 4 rings (SSSR count). The topological polar surface area (TPSA) is 12.9 Å². The first-order chi connectivity index (χ1) is 17.4. The van der Waals surface area contributed by atoms with E-state index in [-0.39, 0.29) is 0 Å². The normalized spacial score (nSPS) is 11.7. The van der Waals surface area contributed by atoms with Crippen LogP contribution < -0.4 is 0 Å². The number of nitrogens with zero attached hydrogens (tertiary/aromatic N) is 1. The van der Waals surface area contributed by atoms with Crippen LogP contribution in [0.15, 0.2) is 34.1 Å². The Labute approximate surface area is 232 Å². The fourth-order valence-corrected chi connectivity index (χ4v) is 11.1. The number of rotatable bonds is 18. The van der Waals surface area contributed by atoms with Gasteiger partial charge in [0.15, 0.2) is 0 Å². The van der Waals surface area contributed by atoms with Crippen molar-refractivity contribution in [2.24, 2.45) is 0 Å². The van der Waals surface area contributed by atoms with Gasteiger partial charge in [-0.1, -0.05) is 64.7 Å². The Hall–Kier alpha value is -0.411. The van der Waals surface area contributed by atoms with Crippen molar-refractivity contribution in [1.29, 1.82) is 0 Å². The summed E-state index contributed by atoms with van der Waals surface area (Å²) in [5.74, 6) is 0. The maximum atomic E-state index is 5.18. The molecule has 4 heterocycles. The van der Waals surface area contributed by atoms with E-state index in [9.17, 15) is 0 Å². The van der Waals surface area contributed by atoms with Gasteiger partial charge < -0.3 is 0 Å². The SMILES string of the molecule is CCCCCCCCCCCCCCCCCc1nc2c(-c3ccc[se]3)sc(-c3ccc[se]3)c2s1. The number of unbranched alkanes of at least 4 members (excludes halogenated alkanes) is 14. The Morgan fingerprint density at radius 3 is 1.66 bits per heavy atom. The molecule has 0 aliphatic carbocycles. The van der Waals surface area contributed by atoms with E-state index in [1.807, 2.05) is 22.7 Å². The number of aromatic nitrogens is 1. The Balaban J connectivity index is 1.14. The zero-order valence-corrected chi connectivity index (χ0v) is 26.4. The second-order valence-electron chi connectivity index (χ2n) is 9.70. The number of thiophene rings is 1. The predicted molar refractivity (Wildman–Crippen MR) is 161 cm³/mol. The summed E-state index contributed by atoms with van der Waals surface area (Å²) < 4.78 is 4.52. The van der Waals surface area contributed by atoms with Crippen molar-refractivity contribution < 1.29 is 0 Å². The molecule has 0 unspecified atom stereocenters. The molecule has 4 aromatic rings. The van der Waals surface area contributed by atoms with Gasteiger partial charge in [-0.2, -0.15) is 0 Å². The molecule has 190 valence electrons. The molecule has 35 heavy (non-hydrogen) atoms. The van der Waals surface area contributed by atoms with Crippen LogP contribution in [0.4, 0.5) is 0 Å². The Kier molecular flexibility index (Phi) is 12.4. The van der Waals surface area contributed by atoms with Gasteiger partial charge in [-0.15, -0.1) is 0 Å². The zero-order chi connectivity index (χ0) is 24.1. The Bertz CT molecular complexity index is 1010. The molecule has 5 heteroatoms. The summed E-state index contributed by atoms with van der Waals surface area (Å²) in [4.78, 5) is 12.8. The molecular formula is C30H41NS2Se2. The number of aryl methyl sites for hydroxylation is 1. The van der Waals surface area contributed by atoms with E-state index in [1.54, 1.807) is 4.44 Å². The van der Waals surface area contributed by atoms with E-state index in [0.29, 0.717) is 29.0 Å². The van der Waals surface area contributed by atoms with E-state index in [0.717, 1.165) is 6.42 Å². The summed E-state index contributed by atoms with van der Waals surface area (Å²) in [6, 6.07) is 9.10. The van der Waals surface area contributed by atoms with Crippen molar-refractivity contribution in [2.45, 2.75) is 110 Å². The van der Waals surface area contributed by atoms with Crippen molar-refractivity contribution in [3.63, 3.8) is 0 Å². The summed E-state index contributed by atoms with van der Waals surface area (Å²) >= 11 is 4.93. The molecule has 0 atom stereocenters. The molecule has 0 bridgehead atoms. The van der Waals surface area contributed by atoms with E-state index in [2.05, 4.69) is 41.1 Å². The second kappa shape index (κ2) is 15.8. The molecule has 0 aliphatic rings. The van der Waals surface area contributed by atoms with Crippen LogP contribution in [0.3, 0.4) is 0 Å². The third-order valence-electron chi connectivity index (χ3n) is 6.78. The second-order valence-corrected chi connectivity index (χ2v) is 15.8. The van der Waals surface area contributed by atoms with Crippen LogP contribution >= 0.6 is 22.7 Å². The number of thiazole rings is 1. The molecule has 0 amide bonds. The van der Waals surface area contributed by atoms with Crippen LogP contribution in [-0.2, 0) is 6.42 Å². The molecule has 1 nitrogen and oxygen atoms in total.